The van der Waals surface area contributed by atoms with Crippen molar-refractivity contribution >= 4 is 22.5 Å². The second-order valence-corrected chi connectivity index (χ2v) is 7.47. The van der Waals surface area contributed by atoms with Crippen molar-refractivity contribution < 1.29 is 14.3 Å². The fraction of sp³-hybridized carbons (Fsp3) is 0.120. The molecule has 2 heterocycles. The first-order valence-electron chi connectivity index (χ1n) is 9.85. The zero-order valence-electron chi connectivity index (χ0n) is 16.4. The molecule has 0 spiro atoms. The van der Waals surface area contributed by atoms with Gasteiger partial charge in [0.15, 0.2) is 5.76 Å². The quantitative estimate of drug-likeness (QED) is 0.470. The monoisotopic (exact) mass is 396 g/mol. The van der Waals surface area contributed by atoms with Gasteiger partial charge in [-0.25, -0.2) is 0 Å². The van der Waals surface area contributed by atoms with Crippen LogP contribution in [0.5, 0.6) is 5.75 Å². The van der Waals surface area contributed by atoms with E-state index in [0.29, 0.717) is 28.9 Å². The van der Waals surface area contributed by atoms with Gasteiger partial charge in [0.25, 0.3) is 0 Å². The Balaban J connectivity index is 1.50. The van der Waals surface area contributed by atoms with Crippen molar-refractivity contribution in [1.82, 2.24) is 5.43 Å². The Bertz CT molecular complexity index is 1270. The summed E-state index contributed by atoms with van der Waals surface area (Å²) >= 11 is 0. The second kappa shape index (κ2) is 7.19. The average Bonchev–Trinajstić information content (AvgIpc) is 3.39. The van der Waals surface area contributed by atoms with Crippen molar-refractivity contribution in [2.24, 2.45) is 5.10 Å². The van der Waals surface area contributed by atoms with Crippen molar-refractivity contribution in [2.45, 2.75) is 19.4 Å². The number of nitrogens with one attached hydrogen (secondary N) is 1. The van der Waals surface area contributed by atoms with Gasteiger partial charge in [-0.3, -0.25) is 4.79 Å². The van der Waals surface area contributed by atoms with Gasteiger partial charge in [0.2, 0.25) is 5.78 Å². The van der Waals surface area contributed by atoms with E-state index in [0.717, 1.165) is 22.2 Å². The van der Waals surface area contributed by atoms with E-state index in [1.807, 2.05) is 49.4 Å². The van der Waals surface area contributed by atoms with Crippen LogP contribution in [0.4, 0.5) is 0 Å². The molecule has 1 unspecified atom stereocenters. The van der Waals surface area contributed by atoms with Crippen LogP contribution >= 0.6 is 0 Å². The minimum absolute atomic E-state index is 0.0666. The minimum atomic E-state index is -0.172. The van der Waals surface area contributed by atoms with E-state index in [2.05, 4.69) is 22.7 Å². The van der Waals surface area contributed by atoms with Gasteiger partial charge >= 0.3 is 0 Å². The van der Waals surface area contributed by atoms with E-state index in [4.69, 9.17) is 4.42 Å². The maximum absolute atomic E-state index is 12.9. The number of hydrogen-bond acceptors (Lipinski definition) is 5. The Labute approximate surface area is 173 Å². The van der Waals surface area contributed by atoms with Crippen molar-refractivity contribution in [2.75, 3.05) is 0 Å². The Morgan fingerprint density at radius 1 is 1.07 bits per heavy atom. The summed E-state index contributed by atoms with van der Waals surface area (Å²) in [6, 6.07) is 22.6. The Morgan fingerprint density at radius 2 is 1.77 bits per heavy atom. The molecule has 5 heteroatoms. The number of phenols is 1. The molecular weight excluding hydrogens is 376 g/mol. The molecule has 0 bridgehead atoms. The van der Waals surface area contributed by atoms with E-state index in [1.165, 1.54) is 0 Å². The summed E-state index contributed by atoms with van der Waals surface area (Å²) in [5, 5.41) is 15.9. The fourth-order valence-corrected chi connectivity index (χ4v) is 3.91. The third-order valence-electron chi connectivity index (χ3n) is 5.56. The van der Waals surface area contributed by atoms with Crippen LogP contribution in [0.3, 0.4) is 0 Å². The molecule has 148 valence electrons. The molecule has 5 nitrogen and oxygen atoms in total. The van der Waals surface area contributed by atoms with Crippen molar-refractivity contribution in [3.8, 4) is 5.75 Å². The molecule has 2 N–H and O–H groups in total. The summed E-state index contributed by atoms with van der Waals surface area (Å²) in [6.07, 6.45) is 0.662. The van der Waals surface area contributed by atoms with Crippen LogP contribution in [-0.2, 0) is 0 Å². The molecule has 4 aromatic rings. The van der Waals surface area contributed by atoms with Crippen molar-refractivity contribution in [3.63, 3.8) is 0 Å². The standard InChI is InChI=1S/C25H20N2O3/c1-15-18-12-19(21-13-20(26-27-21)16-8-4-2-5-9-16)22(28)14-23(18)30-25(15)24(29)17-10-6-3-7-11-17/h2-12,14,20,26,28H,13H2,1H3. The molecule has 3 aromatic carbocycles. The number of hydrogen-bond donors (Lipinski definition) is 2. The van der Waals surface area contributed by atoms with Crippen LogP contribution in [0, 0.1) is 6.92 Å². The number of aryl methyl sites for hydroxylation is 1. The third kappa shape index (κ3) is 3.05. The maximum Gasteiger partial charge on any atom is 0.228 e. The highest BCUT2D eigenvalue weighted by atomic mass is 16.3. The molecule has 30 heavy (non-hydrogen) atoms. The van der Waals surface area contributed by atoms with Crippen LogP contribution < -0.4 is 5.43 Å². The number of aromatic hydroxyl groups is 1. The predicted octanol–water partition coefficient (Wildman–Crippen LogP) is 5.12. The van der Waals surface area contributed by atoms with Crippen LogP contribution in [0.1, 0.15) is 45.3 Å². The molecule has 1 aliphatic rings. The number of fused-ring (bicyclic) bond motifs is 1. The van der Waals surface area contributed by atoms with Gasteiger partial charge in [0, 0.05) is 34.6 Å². The summed E-state index contributed by atoms with van der Waals surface area (Å²) in [4.78, 5) is 12.9. The highest BCUT2D eigenvalue weighted by molar-refractivity contribution is 6.12. The number of carbonyl (C=O) groups is 1. The molecule has 0 radical (unpaired) electrons. The first-order chi connectivity index (χ1) is 14.6. The van der Waals surface area contributed by atoms with E-state index in [-0.39, 0.29) is 17.6 Å². The molecule has 0 fully saturated rings. The van der Waals surface area contributed by atoms with Gasteiger partial charge in [-0.1, -0.05) is 60.7 Å². The summed E-state index contributed by atoms with van der Waals surface area (Å²) in [6.45, 7) is 1.87. The Hall–Kier alpha value is -3.86. The van der Waals surface area contributed by atoms with E-state index in [1.54, 1.807) is 18.2 Å². The van der Waals surface area contributed by atoms with Crippen molar-refractivity contribution in [1.29, 1.82) is 0 Å². The van der Waals surface area contributed by atoms with Gasteiger partial charge in [0.1, 0.15) is 11.3 Å². The van der Waals surface area contributed by atoms with Gasteiger partial charge in [-0.2, -0.15) is 5.10 Å². The number of phenolic OH excluding ortho intramolecular Hbond substituents is 1. The molecule has 0 aliphatic carbocycles. The number of furan rings is 1. The Kier molecular flexibility index (Phi) is 4.36. The highest BCUT2D eigenvalue weighted by Crippen LogP contribution is 2.35. The fourth-order valence-electron chi connectivity index (χ4n) is 3.91. The van der Waals surface area contributed by atoms with Gasteiger partial charge < -0.3 is 14.9 Å². The molecule has 0 saturated heterocycles. The van der Waals surface area contributed by atoms with Crippen LogP contribution in [0.2, 0.25) is 0 Å². The molecule has 0 saturated carbocycles. The number of ketones is 1. The predicted molar refractivity (Wildman–Crippen MR) is 116 cm³/mol. The van der Waals surface area contributed by atoms with E-state index in [9.17, 15) is 9.90 Å². The first kappa shape index (κ1) is 18.2. The van der Waals surface area contributed by atoms with Crippen molar-refractivity contribution in [3.05, 3.63) is 101 Å². The van der Waals surface area contributed by atoms with E-state index < -0.39 is 0 Å². The highest BCUT2D eigenvalue weighted by Gasteiger charge is 2.25. The Morgan fingerprint density at radius 3 is 2.50 bits per heavy atom. The number of carbonyl (C=O) groups excluding carboxylic acids is 1. The third-order valence-corrected chi connectivity index (χ3v) is 5.56. The van der Waals surface area contributed by atoms with Gasteiger partial charge in [0.05, 0.1) is 11.8 Å². The number of nitrogens with zero attached hydrogens (tertiary/aromatic N) is 1. The van der Waals surface area contributed by atoms with Crippen LogP contribution in [-0.4, -0.2) is 16.6 Å². The number of hydrazone groups is 1. The van der Waals surface area contributed by atoms with E-state index >= 15 is 0 Å². The first-order valence-corrected chi connectivity index (χ1v) is 9.85. The molecule has 5 rings (SSSR count). The lowest BCUT2D eigenvalue weighted by Crippen LogP contribution is -2.09. The summed E-state index contributed by atoms with van der Waals surface area (Å²) < 4.78 is 5.84. The normalized spacial score (nSPS) is 15.8. The largest absolute Gasteiger partial charge is 0.507 e. The topological polar surface area (TPSA) is 74.8 Å². The number of rotatable bonds is 4. The zero-order chi connectivity index (χ0) is 20.7. The molecule has 1 aromatic heterocycles. The lowest BCUT2D eigenvalue weighted by molar-refractivity contribution is 0.101. The average molecular weight is 396 g/mol. The lowest BCUT2D eigenvalue weighted by atomic mass is 9.97. The molecule has 1 aliphatic heterocycles. The summed E-state index contributed by atoms with van der Waals surface area (Å²) in [5.74, 6) is 0.208. The van der Waals surface area contributed by atoms with Gasteiger partial charge in [-0.05, 0) is 18.6 Å². The SMILES string of the molecule is Cc1c(C(=O)c2ccccc2)oc2cc(O)c(C3=NNC(c4ccccc4)C3)cc12. The molecule has 1 atom stereocenters. The number of benzene rings is 3. The summed E-state index contributed by atoms with van der Waals surface area (Å²) in [7, 11) is 0. The van der Waals surface area contributed by atoms with Gasteiger partial charge in [-0.15, -0.1) is 0 Å². The van der Waals surface area contributed by atoms with Crippen LogP contribution in [0.15, 0.2) is 82.3 Å². The smallest absolute Gasteiger partial charge is 0.228 e. The maximum atomic E-state index is 12.9. The minimum Gasteiger partial charge on any atom is -0.507 e. The second-order valence-electron chi connectivity index (χ2n) is 7.47. The summed E-state index contributed by atoms with van der Waals surface area (Å²) in [5.41, 5.74) is 7.54. The van der Waals surface area contributed by atoms with Crippen LogP contribution in [0.25, 0.3) is 11.0 Å². The zero-order valence-corrected chi connectivity index (χ0v) is 16.4. The lowest BCUT2D eigenvalue weighted by Gasteiger charge is -2.09. The molecule has 0 amide bonds. The molecular formula is C25H20N2O3.